The highest BCUT2D eigenvalue weighted by atomic mass is 16.6. The van der Waals surface area contributed by atoms with E-state index in [0.717, 1.165) is 0 Å². The third kappa shape index (κ3) is 1.54. The Labute approximate surface area is 80.9 Å². The Balaban J connectivity index is 3.67. The van der Waals surface area contributed by atoms with Crippen molar-refractivity contribution in [2.24, 2.45) is 0 Å². The zero-order valence-corrected chi connectivity index (χ0v) is 7.08. The summed E-state index contributed by atoms with van der Waals surface area (Å²) in [6.45, 7) is 0. The Kier molecular flexibility index (Phi) is 2.26. The molecule has 1 heterocycles. The van der Waals surface area contributed by atoms with E-state index in [1.54, 1.807) is 0 Å². The molecule has 0 atom stereocenters. The highest BCUT2D eigenvalue weighted by Gasteiger charge is 2.24. The van der Waals surface area contributed by atoms with E-state index in [2.05, 4.69) is 0 Å². The molecule has 4 N–H and O–H groups in total. The number of hydrogen-bond acceptors (Lipinski definition) is 7. The van der Waals surface area contributed by atoms with E-state index in [1.165, 1.54) is 0 Å². The van der Waals surface area contributed by atoms with Crippen molar-refractivity contribution in [2.45, 2.75) is 0 Å². The van der Waals surface area contributed by atoms with E-state index >= 15 is 0 Å². The molecule has 0 aromatic carbocycles. The second kappa shape index (κ2) is 3.25. The number of nitrogen functional groups attached to an aromatic ring is 1. The van der Waals surface area contributed by atoms with Gasteiger partial charge in [-0.05, 0) is 0 Å². The topological polar surface area (TPSA) is 161 Å². The fourth-order valence-electron chi connectivity index (χ4n) is 0.895. The summed E-state index contributed by atoms with van der Waals surface area (Å²) < 4.78 is -0.115. The minimum Gasteiger partial charge on any atom is -0.424 e. The standard InChI is InChI=1S/C5H5N5O5/c6-4-2(9(12)13)1-3(10(14)15)5(7)8(4)11/h1,6,11H,7H2. The maximum atomic E-state index is 10.4. The smallest absolute Gasteiger partial charge is 0.321 e. The van der Waals surface area contributed by atoms with Crippen LogP contribution in [0.25, 0.3) is 0 Å². The van der Waals surface area contributed by atoms with E-state index in [-0.39, 0.29) is 4.73 Å². The Morgan fingerprint density at radius 1 is 1.33 bits per heavy atom. The highest BCUT2D eigenvalue weighted by Crippen LogP contribution is 2.22. The van der Waals surface area contributed by atoms with Crippen LogP contribution in [-0.2, 0) is 0 Å². The summed E-state index contributed by atoms with van der Waals surface area (Å²) in [7, 11) is 0. The van der Waals surface area contributed by atoms with Crippen molar-refractivity contribution >= 4 is 17.2 Å². The van der Waals surface area contributed by atoms with Crippen LogP contribution in [0.1, 0.15) is 0 Å². The summed E-state index contributed by atoms with van der Waals surface area (Å²) in [5, 5.41) is 36.9. The molecule has 0 fully saturated rings. The third-order valence-electron chi connectivity index (χ3n) is 1.61. The van der Waals surface area contributed by atoms with Crippen LogP contribution in [0.15, 0.2) is 6.07 Å². The zero-order valence-electron chi connectivity index (χ0n) is 7.08. The van der Waals surface area contributed by atoms with Crippen molar-refractivity contribution < 1.29 is 15.1 Å². The van der Waals surface area contributed by atoms with Gasteiger partial charge in [0.2, 0.25) is 11.3 Å². The zero-order chi connectivity index (χ0) is 11.7. The number of nitro groups is 2. The molecule has 80 valence electrons. The molecule has 0 radical (unpaired) electrons. The molecule has 0 aliphatic carbocycles. The first-order chi connectivity index (χ1) is 6.86. The second-order valence-electron chi connectivity index (χ2n) is 2.47. The summed E-state index contributed by atoms with van der Waals surface area (Å²) in [5.41, 5.74) is 2.42. The summed E-state index contributed by atoms with van der Waals surface area (Å²) in [6, 6.07) is 0.518. The van der Waals surface area contributed by atoms with Gasteiger partial charge < -0.3 is 10.9 Å². The molecule has 10 nitrogen and oxygen atoms in total. The Bertz CT molecular complexity index is 505. The van der Waals surface area contributed by atoms with Crippen molar-refractivity contribution in [3.05, 3.63) is 31.8 Å². The Morgan fingerprint density at radius 3 is 2.20 bits per heavy atom. The van der Waals surface area contributed by atoms with Gasteiger partial charge in [0.15, 0.2) is 0 Å². The number of hydrogen-bond donors (Lipinski definition) is 3. The van der Waals surface area contributed by atoms with Gasteiger partial charge in [-0.3, -0.25) is 25.6 Å². The van der Waals surface area contributed by atoms with E-state index in [1.807, 2.05) is 0 Å². The van der Waals surface area contributed by atoms with Gasteiger partial charge in [-0.2, -0.15) is 0 Å². The quantitative estimate of drug-likeness (QED) is 0.345. The molecule has 0 bridgehead atoms. The lowest BCUT2D eigenvalue weighted by Crippen LogP contribution is -2.24. The lowest BCUT2D eigenvalue weighted by molar-refractivity contribution is -0.396. The number of nitrogens with zero attached hydrogens (tertiary/aromatic N) is 3. The third-order valence-corrected chi connectivity index (χ3v) is 1.61. The molecule has 1 rings (SSSR count). The maximum Gasteiger partial charge on any atom is 0.321 e. The lowest BCUT2D eigenvalue weighted by Gasteiger charge is -2.02. The monoisotopic (exact) mass is 215 g/mol. The van der Waals surface area contributed by atoms with Gasteiger partial charge in [0.1, 0.15) is 6.07 Å². The summed E-state index contributed by atoms with van der Waals surface area (Å²) in [4.78, 5) is 18.7. The highest BCUT2D eigenvalue weighted by molar-refractivity contribution is 5.56. The summed E-state index contributed by atoms with van der Waals surface area (Å²) in [6.07, 6.45) is 0. The van der Waals surface area contributed by atoms with Crippen molar-refractivity contribution in [3.63, 3.8) is 0 Å². The molecule has 0 spiro atoms. The fraction of sp³-hybridized carbons (Fsp3) is 0. The van der Waals surface area contributed by atoms with Crippen LogP contribution < -0.4 is 11.2 Å². The van der Waals surface area contributed by atoms with Crippen LogP contribution in [0.3, 0.4) is 0 Å². The molecular formula is C5H5N5O5. The molecule has 0 aliphatic heterocycles. The van der Waals surface area contributed by atoms with Gasteiger partial charge in [-0.1, -0.05) is 0 Å². The molecule has 0 saturated carbocycles. The van der Waals surface area contributed by atoms with E-state index in [0.29, 0.717) is 6.07 Å². The molecule has 1 aromatic heterocycles. The number of nitrogens with one attached hydrogen (secondary N) is 1. The number of anilines is 1. The van der Waals surface area contributed by atoms with Crippen LogP contribution in [0, 0.1) is 25.6 Å². The maximum absolute atomic E-state index is 10.4. The number of pyridine rings is 1. The second-order valence-corrected chi connectivity index (χ2v) is 2.47. The van der Waals surface area contributed by atoms with Gasteiger partial charge in [0, 0.05) is 0 Å². The molecule has 0 saturated heterocycles. The van der Waals surface area contributed by atoms with Gasteiger partial charge in [0.05, 0.1) is 9.85 Å². The number of rotatable bonds is 2. The fourth-order valence-corrected chi connectivity index (χ4v) is 0.895. The van der Waals surface area contributed by atoms with Crippen LogP contribution in [0.4, 0.5) is 17.2 Å². The van der Waals surface area contributed by atoms with Crippen LogP contribution in [-0.4, -0.2) is 19.8 Å². The first kappa shape index (κ1) is 10.4. The molecule has 0 aliphatic rings. The van der Waals surface area contributed by atoms with E-state index < -0.39 is 32.5 Å². The average Bonchev–Trinajstić information content (AvgIpc) is 2.13. The van der Waals surface area contributed by atoms with Crippen LogP contribution >= 0.6 is 0 Å². The summed E-state index contributed by atoms with van der Waals surface area (Å²) >= 11 is 0. The van der Waals surface area contributed by atoms with Gasteiger partial charge >= 0.3 is 11.4 Å². The SMILES string of the molecule is N=c1c([N+](=O)[O-])cc([N+](=O)[O-])c(N)n1O. The van der Waals surface area contributed by atoms with Gasteiger partial charge in [-0.25, -0.2) is 0 Å². The van der Waals surface area contributed by atoms with E-state index in [9.17, 15) is 20.2 Å². The molecular weight excluding hydrogens is 210 g/mol. The van der Waals surface area contributed by atoms with Gasteiger partial charge in [-0.15, -0.1) is 4.73 Å². The number of aromatic nitrogens is 1. The largest absolute Gasteiger partial charge is 0.424 e. The van der Waals surface area contributed by atoms with Crippen LogP contribution in [0.5, 0.6) is 0 Å². The van der Waals surface area contributed by atoms with Gasteiger partial charge in [0.25, 0.3) is 0 Å². The lowest BCUT2D eigenvalue weighted by atomic mass is 10.3. The minimum atomic E-state index is -1.03. The Hall–Kier alpha value is -2.65. The average molecular weight is 215 g/mol. The molecule has 10 heteroatoms. The predicted molar refractivity (Wildman–Crippen MR) is 45.2 cm³/mol. The number of nitrogens with two attached hydrogens (primary N) is 1. The first-order valence-corrected chi connectivity index (χ1v) is 3.44. The van der Waals surface area contributed by atoms with Crippen molar-refractivity contribution in [1.82, 2.24) is 4.73 Å². The van der Waals surface area contributed by atoms with Crippen molar-refractivity contribution in [1.29, 1.82) is 5.41 Å². The van der Waals surface area contributed by atoms with Crippen molar-refractivity contribution in [3.8, 4) is 0 Å². The first-order valence-electron chi connectivity index (χ1n) is 3.44. The van der Waals surface area contributed by atoms with E-state index in [4.69, 9.17) is 16.4 Å². The molecule has 1 aromatic rings. The minimum absolute atomic E-state index is 0.115. The predicted octanol–water partition coefficient (Wildman–Crippen LogP) is -0.397. The summed E-state index contributed by atoms with van der Waals surface area (Å²) in [5.74, 6) is -0.740. The van der Waals surface area contributed by atoms with Crippen molar-refractivity contribution in [2.75, 3.05) is 5.73 Å². The Morgan fingerprint density at radius 2 is 1.80 bits per heavy atom. The molecule has 0 amide bonds. The molecule has 0 unspecified atom stereocenters. The van der Waals surface area contributed by atoms with Crippen LogP contribution in [0.2, 0.25) is 0 Å². The normalized spacial score (nSPS) is 9.87. The molecule has 15 heavy (non-hydrogen) atoms.